The minimum absolute atomic E-state index is 0.0449. The predicted octanol–water partition coefficient (Wildman–Crippen LogP) is 1.69. The summed E-state index contributed by atoms with van der Waals surface area (Å²) in [5.74, 6) is -0.705. The zero-order valence-electron chi connectivity index (χ0n) is 12.7. The Hall–Kier alpha value is -2.11. The van der Waals surface area contributed by atoms with Gasteiger partial charge in [-0.3, -0.25) is 14.3 Å². The summed E-state index contributed by atoms with van der Waals surface area (Å²) in [6, 6.07) is 1.80. The number of carbonyl (C=O) groups excluding carboxylic acids is 1. The van der Waals surface area contributed by atoms with E-state index in [0.29, 0.717) is 12.5 Å². The normalized spacial score (nSPS) is 12.8. The standard InChI is InChI=1S/C15H23N3O3/c1-11(2)8-12(9-15(20)21)10-16-14(19)5-4-13-6-7-17-18(13)3/h4-7,11-12H,8-10H2,1-3H3,(H,16,19)(H,20,21). The fourth-order valence-electron chi connectivity index (χ4n) is 2.17. The summed E-state index contributed by atoms with van der Waals surface area (Å²) >= 11 is 0. The Bertz CT molecular complexity index is 506. The van der Waals surface area contributed by atoms with Crippen LogP contribution in [0.25, 0.3) is 6.08 Å². The van der Waals surface area contributed by atoms with Gasteiger partial charge in [0.25, 0.3) is 0 Å². The molecular formula is C15H23N3O3. The summed E-state index contributed by atoms with van der Waals surface area (Å²) in [6.45, 7) is 4.46. The predicted molar refractivity (Wildman–Crippen MR) is 80.4 cm³/mol. The number of amides is 1. The topological polar surface area (TPSA) is 84.2 Å². The molecule has 0 saturated carbocycles. The molecule has 0 bridgehead atoms. The van der Waals surface area contributed by atoms with Crippen LogP contribution in [-0.2, 0) is 16.6 Å². The average Bonchev–Trinajstić information content (AvgIpc) is 2.77. The van der Waals surface area contributed by atoms with Crippen molar-refractivity contribution in [1.29, 1.82) is 0 Å². The Morgan fingerprint density at radius 2 is 2.19 bits per heavy atom. The van der Waals surface area contributed by atoms with E-state index in [1.54, 1.807) is 30.1 Å². The van der Waals surface area contributed by atoms with Crippen molar-refractivity contribution in [2.45, 2.75) is 26.7 Å². The number of nitrogens with one attached hydrogen (secondary N) is 1. The minimum atomic E-state index is -0.833. The zero-order chi connectivity index (χ0) is 15.8. The van der Waals surface area contributed by atoms with E-state index in [2.05, 4.69) is 10.4 Å². The molecule has 1 unspecified atom stereocenters. The van der Waals surface area contributed by atoms with Crippen molar-refractivity contribution in [3.8, 4) is 0 Å². The van der Waals surface area contributed by atoms with Gasteiger partial charge in [0, 0.05) is 32.3 Å². The number of nitrogens with zero attached hydrogens (tertiary/aromatic N) is 2. The highest BCUT2D eigenvalue weighted by atomic mass is 16.4. The Kier molecular flexibility index (Phi) is 6.65. The van der Waals surface area contributed by atoms with E-state index in [-0.39, 0.29) is 18.2 Å². The summed E-state index contributed by atoms with van der Waals surface area (Å²) in [7, 11) is 1.79. The van der Waals surface area contributed by atoms with Crippen LogP contribution in [0.1, 0.15) is 32.4 Å². The number of rotatable bonds is 8. The molecule has 21 heavy (non-hydrogen) atoms. The highest BCUT2D eigenvalue weighted by molar-refractivity contribution is 5.91. The molecule has 1 atom stereocenters. The van der Waals surface area contributed by atoms with E-state index < -0.39 is 5.97 Å². The third-order valence-corrected chi connectivity index (χ3v) is 3.10. The molecule has 1 heterocycles. The van der Waals surface area contributed by atoms with Gasteiger partial charge >= 0.3 is 5.97 Å². The van der Waals surface area contributed by atoms with Gasteiger partial charge in [0.15, 0.2) is 0 Å². The van der Waals surface area contributed by atoms with Crippen LogP contribution < -0.4 is 5.32 Å². The molecule has 6 heteroatoms. The highest BCUT2D eigenvalue weighted by Crippen LogP contribution is 2.14. The van der Waals surface area contributed by atoms with Crippen LogP contribution in [0.15, 0.2) is 18.3 Å². The molecule has 116 valence electrons. The molecule has 0 saturated heterocycles. The molecular weight excluding hydrogens is 270 g/mol. The molecule has 6 nitrogen and oxygen atoms in total. The van der Waals surface area contributed by atoms with Crippen LogP contribution in [0.4, 0.5) is 0 Å². The molecule has 1 aromatic heterocycles. The Balaban J connectivity index is 2.47. The van der Waals surface area contributed by atoms with Gasteiger partial charge in [-0.2, -0.15) is 5.10 Å². The summed E-state index contributed by atoms with van der Waals surface area (Å²) < 4.78 is 1.66. The van der Waals surface area contributed by atoms with E-state index in [9.17, 15) is 9.59 Å². The number of aryl methyl sites for hydroxylation is 1. The van der Waals surface area contributed by atoms with Crippen LogP contribution >= 0.6 is 0 Å². The summed E-state index contributed by atoms with van der Waals surface area (Å²) in [4.78, 5) is 22.6. The minimum Gasteiger partial charge on any atom is -0.481 e. The second-order valence-electron chi connectivity index (χ2n) is 5.55. The number of carboxylic acid groups (broad SMARTS) is 1. The maximum absolute atomic E-state index is 11.8. The van der Waals surface area contributed by atoms with Crippen LogP contribution in [0.2, 0.25) is 0 Å². The third-order valence-electron chi connectivity index (χ3n) is 3.10. The van der Waals surface area contributed by atoms with Gasteiger partial charge in [-0.1, -0.05) is 13.8 Å². The van der Waals surface area contributed by atoms with Gasteiger partial charge in [0.2, 0.25) is 5.91 Å². The second-order valence-corrected chi connectivity index (χ2v) is 5.55. The second kappa shape index (κ2) is 8.24. The zero-order valence-corrected chi connectivity index (χ0v) is 12.7. The van der Waals surface area contributed by atoms with E-state index in [4.69, 9.17) is 5.11 Å². The lowest BCUT2D eigenvalue weighted by Gasteiger charge is -2.17. The van der Waals surface area contributed by atoms with Crippen molar-refractivity contribution in [3.05, 3.63) is 24.0 Å². The molecule has 1 aromatic rings. The molecule has 0 spiro atoms. The Morgan fingerprint density at radius 1 is 1.48 bits per heavy atom. The SMILES string of the molecule is CC(C)CC(CNC(=O)C=Cc1ccnn1C)CC(=O)O. The lowest BCUT2D eigenvalue weighted by molar-refractivity contribution is -0.138. The van der Waals surface area contributed by atoms with E-state index in [1.165, 1.54) is 6.08 Å². The van der Waals surface area contributed by atoms with Gasteiger partial charge in [-0.15, -0.1) is 0 Å². The first-order valence-electron chi connectivity index (χ1n) is 7.04. The largest absolute Gasteiger partial charge is 0.481 e. The molecule has 0 aromatic carbocycles. The van der Waals surface area contributed by atoms with Crippen molar-refractivity contribution >= 4 is 18.0 Å². The number of aliphatic carboxylic acids is 1. The van der Waals surface area contributed by atoms with Gasteiger partial charge in [0.05, 0.1) is 5.69 Å². The Morgan fingerprint density at radius 3 is 2.71 bits per heavy atom. The maximum Gasteiger partial charge on any atom is 0.303 e. The Labute approximate surface area is 124 Å². The number of carboxylic acids is 1. The number of hydrogen-bond donors (Lipinski definition) is 2. The van der Waals surface area contributed by atoms with Crippen molar-refractivity contribution in [2.75, 3.05) is 6.54 Å². The first-order chi connectivity index (χ1) is 9.88. The van der Waals surface area contributed by atoms with E-state index in [0.717, 1.165) is 12.1 Å². The maximum atomic E-state index is 11.8. The number of carbonyl (C=O) groups is 2. The van der Waals surface area contributed by atoms with E-state index >= 15 is 0 Å². The summed E-state index contributed by atoms with van der Waals surface area (Å²) in [6.07, 6.45) is 5.62. The highest BCUT2D eigenvalue weighted by Gasteiger charge is 2.15. The quantitative estimate of drug-likeness (QED) is 0.714. The third kappa shape index (κ3) is 6.74. The van der Waals surface area contributed by atoms with Crippen molar-refractivity contribution in [2.24, 2.45) is 18.9 Å². The fraction of sp³-hybridized carbons (Fsp3) is 0.533. The molecule has 0 aliphatic carbocycles. The van der Waals surface area contributed by atoms with Gasteiger partial charge in [-0.25, -0.2) is 0 Å². The smallest absolute Gasteiger partial charge is 0.303 e. The van der Waals surface area contributed by atoms with Gasteiger partial charge in [0.1, 0.15) is 0 Å². The lowest BCUT2D eigenvalue weighted by Crippen LogP contribution is -2.29. The first-order valence-corrected chi connectivity index (χ1v) is 7.04. The van der Waals surface area contributed by atoms with Crippen LogP contribution in [0, 0.1) is 11.8 Å². The molecule has 2 N–H and O–H groups in total. The average molecular weight is 293 g/mol. The van der Waals surface area contributed by atoms with Crippen molar-refractivity contribution in [1.82, 2.24) is 15.1 Å². The number of aromatic nitrogens is 2. The molecule has 0 fully saturated rings. The monoisotopic (exact) mass is 293 g/mol. The molecule has 0 aliphatic heterocycles. The first kappa shape index (κ1) is 16.9. The molecule has 1 rings (SSSR count). The lowest BCUT2D eigenvalue weighted by atomic mass is 9.94. The summed E-state index contributed by atoms with van der Waals surface area (Å²) in [5.41, 5.74) is 0.828. The summed E-state index contributed by atoms with van der Waals surface area (Å²) in [5, 5.41) is 15.6. The van der Waals surface area contributed by atoms with Gasteiger partial charge in [-0.05, 0) is 30.4 Å². The van der Waals surface area contributed by atoms with E-state index in [1.807, 2.05) is 13.8 Å². The van der Waals surface area contributed by atoms with Crippen LogP contribution in [0.3, 0.4) is 0 Å². The van der Waals surface area contributed by atoms with Gasteiger partial charge < -0.3 is 10.4 Å². The molecule has 0 aliphatic rings. The van der Waals surface area contributed by atoms with Crippen molar-refractivity contribution in [3.63, 3.8) is 0 Å². The molecule has 1 amide bonds. The van der Waals surface area contributed by atoms with Crippen LogP contribution in [0.5, 0.6) is 0 Å². The molecule has 0 radical (unpaired) electrons. The number of hydrogen-bond acceptors (Lipinski definition) is 3. The van der Waals surface area contributed by atoms with Crippen LogP contribution in [-0.4, -0.2) is 33.3 Å². The fourth-order valence-corrected chi connectivity index (χ4v) is 2.17. The van der Waals surface area contributed by atoms with Crippen molar-refractivity contribution < 1.29 is 14.7 Å².